The number of imide groups is 1. The molecule has 0 spiro atoms. The number of nitrogens with zero attached hydrogens (tertiary/aromatic N) is 3. The summed E-state index contributed by atoms with van der Waals surface area (Å²) in [7, 11) is 0. The maximum absolute atomic E-state index is 13.1. The van der Waals surface area contributed by atoms with E-state index in [0.717, 1.165) is 4.90 Å². The number of ether oxygens (including phenoxy) is 1. The summed E-state index contributed by atoms with van der Waals surface area (Å²) in [5.41, 5.74) is 0.990. The highest BCUT2D eigenvalue weighted by Gasteiger charge is 2.35. The third-order valence-corrected chi connectivity index (χ3v) is 5.08. The second-order valence-electron chi connectivity index (χ2n) is 7.71. The highest BCUT2D eigenvalue weighted by Crippen LogP contribution is 2.30. The minimum atomic E-state index is -0.618. The monoisotopic (exact) mass is 449 g/mol. The molecule has 0 bridgehead atoms. The van der Waals surface area contributed by atoms with Gasteiger partial charge in [-0.3, -0.25) is 24.6 Å². The number of carbonyl (C=O) groups excluding carboxylic acids is 2. The summed E-state index contributed by atoms with van der Waals surface area (Å²) in [6.07, 6.45) is 1.98. The zero-order valence-electron chi connectivity index (χ0n) is 18.5. The summed E-state index contributed by atoms with van der Waals surface area (Å²) < 4.78 is 11.3. The van der Waals surface area contributed by atoms with Gasteiger partial charge in [0.15, 0.2) is 0 Å². The third-order valence-electron chi connectivity index (χ3n) is 5.08. The predicted octanol–water partition coefficient (Wildman–Crippen LogP) is 4.26. The molecule has 2 amide bonds. The number of carbonyl (C=O) groups is 2. The number of non-ortho nitro benzene ring substituents is 1. The van der Waals surface area contributed by atoms with Crippen molar-refractivity contribution in [2.75, 3.05) is 13.2 Å². The SMILES string of the molecule is CC1=C(C#N)C(=O)N(CCCOC(C)C)C(=O)/C1=C/c1ccc(-c2ccc([N+](=O)[O-])cc2)o1. The van der Waals surface area contributed by atoms with Crippen LogP contribution in [0.15, 0.2) is 57.5 Å². The van der Waals surface area contributed by atoms with Gasteiger partial charge in [0.1, 0.15) is 23.2 Å². The van der Waals surface area contributed by atoms with E-state index in [1.165, 1.54) is 18.2 Å². The second kappa shape index (κ2) is 10.1. The minimum absolute atomic E-state index is 0.0335. The van der Waals surface area contributed by atoms with E-state index in [0.29, 0.717) is 30.1 Å². The van der Waals surface area contributed by atoms with Crippen LogP contribution in [-0.2, 0) is 14.3 Å². The van der Waals surface area contributed by atoms with E-state index >= 15 is 0 Å². The molecule has 0 saturated heterocycles. The van der Waals surface area contributed by atoms with Gasteiger partial charge in [-0.25, -0.2) is 0 Å². The molecule has 2 heterocycles. The van der Waals surface area contributed by atoms with Gasteiger partial charge in [-0.2, -0.15) is 5.26 Å². The Morgan fingerprint density at radius 2 is 1.88 bits per heavy atom. The van der Waals surface area contributed by atoms with E-state index in [4.69, 9.17) is 9.15 Å². The third kappa shape index (κ3) is 5.25. The van der Waals surface area contributed by atoms with E-state index in [2.05, 4.69) is 0 Å². The van der Waals surface area contributed by atoms with Crippen molar-refractivity contribution in [1.29, 1.82) is 5.26 Å². The molecule has 0 N–H and O–H groups in total. The summed E-state index contributed by atoms with van der Waals surface area (Å²) in [5, 5.41) is 20.3. The van der Waals surface area contributed by atoms with Crippen molar-refractivity contribution in [2.45, 2.75) is 33.3 Å². The smallest absolute Gasteiger partial charge is 0.271 e. The predicted molar refractivity (Wildman–Crippen MR) is 120 cm³/mol. The average Bonchev–Trinajstić information content (AvgIpc) is 3.25. The van der Waals surface area contributed by atoms with Crippen LogP contribution in [-0.4, -0.2) is 40.9 Å². The van der Waals surface area contributed by atoms with Crippen LogP contribution in [0.25, 0.3) is 17.4 Å². The van der Waals surface area contributed by atoms with Crippen molar-refractivity contribution in [2.24, 2.45) is 0 Å². The lowest BCUT2D eigenvalue weighted by molar-refractivity contribution is -0.384. The van der Waals surface area contributed by atoms with Gasteiger partial charge < -0.3 is 9.15 Å². The van der Waals surface area contributed by atoms with Gasteiger partial charge in [0.25, 0.3) is 17.5 Å². The maximum atomic E-state index is 13.1. The Kier molecular flexibility index (Phi) is 7.20. The van der Waals surface area contributed by atoms with Crippen LogP contribution in [0.1, 0.15) is 33.0 Å². The van der Waals surface area contributed by atoms with E-state index in [9.17, 15) is 25.0 Å². The summed E-state index contributed by atoms with van der Waals surface area (Å²) in [6.45, 7) is 5.86. The Bertz CT molecular complexity index is 1180. The molecule has 0 atom stereocenters. The van der Waals surface area contributed by atoms with Crippen molar-refractivity contribution in [3.05, 3.63) is 69.0 Å². The van der Waals surface area contributed by atoms with Gasteiger partial charge >= 0.3 is 0 Å². The number of nitro benzene ring substituents is 1. The zero-order chi connectivity index (χ0) is 24.1. The molecule has 33 heavy (non-hydrogen) atoms. The van der Waals surface area contributed by atoms with E-state index in [1.54, 1.807) is 31.2 Å². The zero-order valence-corrected chi connectivity index (χ0v) is 18.5. The Morgan fingerprint density at radius 1 is 1.18 bits per heavy atom. The lowest BCUT2D eigenvalue weighted by atomic mass is 9.94. The normalized spacial score (nSPS) is 15.5. The van der Waals surface area contributed by atoms with Crippen molar-refractivity contribution < 1.29 is 23.7 Å². The molecule has 0 unspecified atom stereocenters. The standard InChI is InChI=1S/C24H23N3O6/c1-15(2)32-12-4-11-26-23(28)20(16(3)21(14-25)24(26)29)13-19-9-10-22(33-19)17-5-7-18(8-6-17)27(30)31/h5-10,13,15H,4,11-12H2,1-3H3/b20-13+. The van der Waals surface area contributed by atoms with E-state index < -0.39 is 16.7 Å². The minimum Gasteiger partial charge on any atom is -0.457 e. The molecule has 9 heteroatoms. The highest BCUT2D eigenvalue weighted by molar-refractivity contribution is 6.19. The number of hydrogen-bond donors (Lipinski definition) is 0. The molecule has 0 saturated carbocycles. The lowest BCUT2D eigenvalue weighted by Crippen LogP contribution is -2.43. The molecule has 1 aromatic carbocycles. The van der Waals surface area contributed by atoms with Crippen molar-refractivity contribution >= 4 is 23.6 Å². The molecule has 1 aromatic heterocycles. The van der Waals surface area contributed by atoms with Crippen LogP contribution < -0.4 is 0 Å². The molecule has 1 aliphatic rings. The number of amides is 2. The maximum Gasteiger partial charge on any atom is 0.271 e. The summed E-state index contributed by atoms with van der Waals surface area (Å²) in [5.74, 6) is -0.316. The van der Waals surface area contributed by atoms with Crippen molar-refractivity contribution in [1.82, 2.24) is 4.90 Å². The first kappa shape index (κ1) is 23.6. The van der Waals surface area contributed by atoms with Gasteiger partial charge in [0.05, 0.1) is 11.0 Å². The Morgan fingerprint density at radius 3 is 2.48 bits per heavy atom. The van der Waals surface area contributed by atoms with Crippen molar-refractivity contribution in [3.8, 4) is 17.4 Å². The number of benzene rings is 1. The van der Waals surface area contributed by atoms with Gasteiger partial charge in [-0.1, -0.05) is 0 Å². The molecule has 3 rings (SSSR count). The number of nitriles is 1. The first-order valence-electron chi connectivity index (χ1n) is 10.4. The summed E-state index contributed by atoms with van der Waals surface area (Å²) in [4.78, 5) is 37.1. The fourth-order valence-electron chi connectivity index (χ4n) is 3.35. The number of rotatable bonds is 8. The highest BCUT2D eigenvalue weighted by atomic mass is 16.6. The van der Waals surface area contributed by atoms with Crippen LogP contribution in [0.5, 0.6) is 0 Å². The lowest BCUT2D eigenvalue weighted by Gasteiger charge is -2.27. The van der Waals surface area contributed by atoms with Gasteiger partial charge in [0.2, 0.25) is 0 Å². The quantitative estimate of drug-likeness (QED) is 0.194. The number of hydrogen-bond acceptors (Lipinski definition) is 7. The van der Waals surface area contributed by atoms with E-state index in [-0.39, 0.29) is 35.1 Å². The Hall–Kier alpha value is -4.03. The van der Waals surface area contributed by atoms with Crippen LogP contribution in [0, 0.1) is 21.4 Å². The first-order chi connectivity index (χ1) is 15.7. The molecule has 1 aliphatic heterocycles. The molecule has 2 aromatic rings. The molecule has 0 fully saturated rings. The second-order valence-corrected chi connectivity index (χ2v) is 7.71. The van der Waals surface area contributed by atoms with Gasteiger partial charge in [-0.05, 0) is 63.1 Å². The molecular formula is C24H23N3O6. The first-order valence-corrected chi connectivity index (χ1v) is 10.4. The van der Waals surface area contributed by atoms with Crippen LogP contribution in [0.2, 0.25) is 0 Å². The van der Waals surface area contributed by atoms with Crippen LogP contribution in [0.4, 0.5) is 5.69 Å². The summed E-state index contributed by atoms with van der Waals surface area (Å²) in [6, 6.07) is 11.1. The van der Waals surface area contributed by atoms with Crippen molar-refractivity contribution in [3.63, 3.8) is 0 Å². The average molecular weight is 449 g/mol. The fourth-order valence-corrected chi connectivity index (χ4v) is 3.35. The molecular weight excluding hydrogens is 426 g/mol. The number of furan rings is 1. The molecule has 9 nitrogen and oxygen atoms in total. The molecule has 0 aliphatic carbocycles. The molecule has 170 valence electrons. The van der Waals surface area contributed by atoms with Crippen LogP contribution >= 0.6 is 0 Å². The van der Waals surface area contributed by atoms with Gasteiger partial charge in [0, 0.05) is 36.4 Å². The number of nitro groups is 1. The largest absolute Gasteiger partial charge is 0.457 e. The fraction of sp³-hybridized carbons (Fsp3) is 0.292. The Balaban J connectivity index is 1.87. The van der Waals surface area contributed by atoms with Gasteiger partial charge in [-0.15, -0.1) is 0 Å². The molecule has 0 radical (unpaired) electrons. The summed E-state index contributed by atoms with van der Waals surface area (Å²) >= 11 is 0. The Labute approximate surface area is 190 Å². The topological polar surface area (TPSA) is 127 Å². The van der Waals surface area contributed by atoms with Crippen LogP contribution in [0.3, 0.4) is 0 Å². The van der Waals surface area contributed by atoms with E-state index in [1.807, 2.05) is 19.9 Å².